The van der Waals surface area contributed by atoms with Gasteiger partial charge in [0.05, 0.1) is 33.2 Å². The zero-order chi connectivity index (χ0) is 17.2. The molecule has 0 aliphatic carbocycles. The second-order valence-corrected chi connectivity index (χ2v) is 7.66. The number of hydrogen-bond acceptors (Lipinski definition) is 3. The van der Waals surface area contributed by atoms with Crippen LogP contribution in [0.2, 0.25) is 10.0 Å². The Morgan fingerprint density at radius 3 is 2.30 bits per heavy atom. The van der Waals surface area contributed by atoms with Gasteiger partial charge in [0, 0.05) is 7.05 Å². The van der Waals surface area contributed by atoms with Gasteiger partial charge in [-0.2, -0.15) is 0 Å². The van der Waals surface area contributed by atoms with Crippen LogP contribution in [0.5, 0.6) is 0 Å². The van der Waals surface area contributed by atoms with Crippen molar-refractivity contribution in [3.8, 4) is 0 Å². The SMILES string of the molecule is CN(c1ccc(C(=O)Nc2ccccc2Cl)c(Cl)c1)S(C)(=O)=O. The minimum absolute atomic E-state index is 0.141. The maximum Gasteiger partial charge on any atom is 0.257 e. The highest BCUT2D eigenvalue weighted by molar-refractivity contribution is 7.92. The summed E-state index contributed by atoms with van der Waals surface area (Å²) in [5.41, 5.74) is 1.05. The van der Waals surface area contributed by atoms with E-state index in [9.17, 15) is 13.2 Å². The maximum atomic E-state index is 12.3. The van der Waals surface area contributed by atoms with E-state index in [1.807, 2.05) is 0 Å². The van der Waals surface area contributed by atoms with E-state index in [-0.39, 0.29) is 10.6 Å². The quantitative estimate of drug-likeness (QED) is 0.890. The number of nitrogens with zero attached hydrogens (tertiary/aromatic N) is 1. The van der Waals surface area contributed by atoms with Gasteiger partial charge in [-0.1, -0.05) is 35.3 Å². The molecule has 0 heterocycles. The van der Waals surface area contributed by atoms with Gasteiger partial charge in [-0.05, 0) is 30.3 Å². The third-order valence-electron chi connectivity index (χ3n) is 3.18. The van der Waals surface area contributed by atoms with E-state index in [0.717, 1.165) is 10.6 Å². The molecule has 2 aromatic carbocycles. The fraction of sp³-hybridized carbons (Fsp3) is 0.133. The Morgan fingerprint density at radius 2 is 1.74 bits per heavy atom. The van der Waals surface area contributed by atoms with Gasteiger partial charge in [0.15, 0.2) is 0 Å². The predicted octanol–water partition coefficient (Wildman–Crippen LogP) is 3.64. The minimum atomic E-state index is -3.40. The Morgan fingerprint density at radius 1 is 1.09 bits per heavy atom. The van der Waals surface area contributed by atoms with Crippen molar-refractivity contribution < 1.29 is 13.2 Å². The number of rotatable bonds is 4. The standard InChI is InChI=1S/C15H14Cl2N2O3S/c1-19(23(2,21)22)10-7-8-11(13(17)9-10)15(20)18-14-6-4-3-5-12(14)16/h3-9H,1-2H3,(H,18,20). The Balaban J connectivity index is 2.28. The van der Waals surface area contributed by atoms with Gasteiger partial charge in [0.1, 0.15) is 0 Å². The summed E-state index contributed by atoms with van der Waals surface area (Å²) in [7, 11) is -2.00. The third kappa shape index (κ3) is 4.16. The fourth-order valence-corrected chi connectivity index (χ4v) is 2.77. The number of amides is 1. The van der Waals surface area contributed by atoms with Gasteiger partial charge >= 0.3 is 0 Å². The molecule has 2 aromatic rings. The first-order valence-corrected chi connectivity index (χ1v) is 9.10. The summed E-state index contributed by atoms with van der Waals surface area (Å²) in [6, 6.07) is 11.2. The molecule has 0 atom stereocenters. The number of carbonyl (C=O) groups is 1. The van der Waals surface area contributed by atoms with Crippen LogP contribution in [-0.4, -0.2) is 27.6 Å². The van der Waals surface area contributed by atoms with Crippen LogP contribution < -0.4 is 9.62 Å². The highest BCUT2D eigenvalue weighted by Gasteiger charge is 2.16. The molecule has 0 saturated heterocycles. The summed E-state index contributed by atoms with van der Waals surface area (Å²) in [5, 5.41) is 3.21. The van der Waals surface area contributed by atoms with Crippen molar-refractivity contribution in [2.24, 2.45) is 0 Å². The zero-order valence-corrected chi connectivity index (χ0v) is 14.7. The lowest BCUT2D eigenvalue weighted by atomic mass is 10.2. The number of benzene rings is 2. The van der Waals surface area contributed by atoms with E-state index < -0.39 is 15.9 Å². The van der Waals surface area contributed by atoms with E-state index in [4.69, 9.17) is 23.2 Å². The Hall–Kier alpha value is -1.76. The summed E-state index contributed by atoms with van der Waals surface area (Å²) >= 11 is 12.1. The van der Waals surface area contributed by atoms with Gasteiger partial charge in [-0.25, -0.2) is 8.42 Å². The lowest BCUT2D eigenvalue weighted by Crippen LogP contribution is -2.25. The van der Waals surface area contributed by atoms with E-state index in [1.54, 1.807) is 24.3 Å². The second-order valence-electron chi connectivity index (χ2n) is 4.83. The molecule has 1 amide bonds. The average Bonchev–Trinajstić information content (AvgIpc) is 2.47. The molecular weight excluding hydrogens is 359 g/mol. The molecule has 0 aliphatic rings. The molecule has 5 nitrogen and oxygen atoms in total. The summed E-state index contributed by atoms with van der Waals surface area (Å²) in [5.74, 6) is -0.434. The molecule has 0 bridgehead atoms. The molecule has 8 heteroatoms. The van der Waals surface area contributed by atoms with Crippen LogP contribution in [0.15, 0.2) is 42.5 Å². The number of carbonyl (C=O) groups excluding carboxylic acids is 1. The fourth-order valence-electron chi connectivity index (χ4n) is 1.83. The van der Waals surface area contributed by atoms with Crippen LogP contribution in [-0.2, 0) is 10.0 Å². The lowest BCUT2D eigenvalue weighted by Gasteiger charge is -2.17. The normalized spacial score (nSPS) is 11.1. The summed E-state index contributed by atoms with van der Waals surface area (Å²) in [6.45, 7) is 0. The molecule has 0 aliphatic heterocycles. The Labute approximate surface area is 144 Å². The number of para-hydroxylation sites is 1. The highest BCUT2D eigenvalue weighted by Crippen LogP contribution is 2.26. The van der Waals surface area contributed by atoms with Gasteiger partial charge in [-0.3, -0.25) is 9.10 Å². The number of nitrogens with one attached hydrogen (secondary N) is 1. The Kier molecular flexibility index (Phi) is 5.19. The molecule has 0 spiro atoms. The van der Waals surface area contributed by atoms with Crippen molar-refractivity contribution in [3.05, 3.63) is 58.1 Å². The van der Waals surface area contributed by atoms with Crippen LogP contribution in [0.1, 0.15) is 10.4 Å². The van der Waals surface area contributed by atoms with Crippen molar-refractivity contribution in [3.63, 3.8) is 0 Å². The summed E-state index contributed by atoms with van der Waals surface area (Å²) in [6.07, 6.45) is 1.08. The first-order chi connectivity index (χ1) is 10.7. The molecule has 0 saturated carbocycles. The molecule has 0 aromatic heterocycles. The first-order valence-electron chi connectivity index (χ1n) is 6.49. The molecule has 0 fully saturated rings. The minimum Gasteiger partial charge on any atom is -0.321 e. The largest absolute Gasteiger partial charge is 0.321 e. The van der Waals surface area contributed by atoms with Crippen molar-refractivity contribution in [1.29, 1.82) is 0 Å². The third-order valence-corrected chi connectivity index (χ3v) is 5.03. The number of hydrogen-bond donors (Lipinski definition) is 1. The van der Waals surface area contributed by atoms with Crippen LogP contribution in [0, 0.1) is 0 Å². The molecule has 122 valence electrons. The average molecular weight is 373 g/mol. The van der Waals surface area contributed by atoms with Crippen molar-refractivity contribution in [2.75, 3.05) is 22.9 Å². The van der Waals surface area contributed by atoms with Crippen LogP contribution in [0.25, 0.3) is 0 Å². The van der Waals surface area contributed by atoms with Crippen LogP contribution in [0.4, 0.5) is 11.4 Å². The van der Waals surface area contributed by atoms with E-state index in [0.29, 0.717) is 16.4 Å². The summed E-state index contributed by atoms with van der Waals surface area (Å²) < 4.78 is 24.1. The van der Waals surface area contributed by atoms with Crippen molar-refractivity contribution in [2.45, 2.75) is 0 Å². The van der Waals surface area contributed by atoms with E-state index in [2.05, 4.69) is 5.32 Å². The van der Waals surface area contributed by atoms with Crippen LogP contribution in [0.3, 0.4) is 0 Å². The van der Waals surface area contributed by atoms with E-state index >= 15 is 0 Å². The predicted molar refractivity (Wildman–Crippen MR) is 94.1 cm³/mol. The van der Waals surface area contributed by atoms with Crippen molar-refractivity contribution >= 4 is 50.5 Å². The van der Waals surface area contributed by atoms with Crippen molar-refractivity contribution in [1.82, 2.24) is 0 Å². The maximum absolute atomic E-state index is 12.3. The monoisotopic (exact) mass is 372 g/mol. The molecular formula is C15H14Cl2N2O3S. The van der Waals surface area contributed by atoms with Gasteiger partial charge < -0.3 is 5.32 Å². The van der Waals surface area contributed by atoms with Gasteiger partial charge in [0.2, 0.25) is 10.0 Å². The number of halogens is 2. The molecule has 1 N–H and O–H groups in total. The van der Waals surface area contributed by atoms with Gasteiger partial charge in [-0.15, -0.1) is 0 Å². The molecule has 0 unspecified atom stereocenters. The summed E-state index contributed by atoms with van der Waals surface area (Å²) in [4.78, 5) is 12.3. The van der Waals surface area contributed by atoms with E-state index in [1.165, 1.54) is 25.2 Å². The topological polar surface area (TPSA) is 66.5 Å². The molecule has 2 rings (SSSR count). The lowest BCUT2D eigenvalue weighted by molar-refractivity contribution is 0.102. The molecule has 0 radical (unpaired) electrons. The number of anilines is 2. The zero-order valence-electron chi connectivity index (χ0n) is 12.4. The Bertz CT molecular complexity index is 854. The second kappa shape index (κ2) is 6.78. The van der Waals surface area contributed by atoms with Gasteiger partial charge in [0.25, 0.3) is 5.91 Å². The number of sulfonamides is 1. The first kappa shape index (κ1) is 17.6. The highest BCUT2D eigenvalue weighted by atomic mass is 35.5. The smallest absolute Gasteiger partial charge is 0.257 e. The molecule has 23 heavy (non-hydrogen) atoms. The van der Waals surface area contributed by atoms with Crippen LogP contribution >= 0.6 is 23.2 Å².